The largest absolute Gasteiger partial charge is 0.464 e. The van der Waals surface area contributed by atoms with Crippen molar-refractivity contribution in [1.82, 2.24) is 9.88 Å². The Morgan fingerprint density at radius 1 is 1.17 bits per heavy atom. The van der Waals surface area contributed by atoms with Crippen LogP contribution in [0, 0.1) is 0 Å². The maximum Gasteiger partial charge on any atom is 0.253 e. The van der Waals surface area contributed by atoms with Crippen LogP contribution in [-0.2, 0) is 14.3 Å². The molecule has 2 aromatic heterocycles. The summed E-state index contributed by atoms with van der Waals surface area (Å²) in [5.74, 6) is 0.886. The Morgan fingerprint density at radius 2 is 2.04 bits per heavy atom. The summed E-state index contributed by atoms with van der Waals surface area (Å²) < 4.78 is 16.4. The molecule has 0 N–H and O–H groups in total. The number of furan rings is 1. The topological polar surface area (TPSA) is 68.0 Å². The highest BCUT2D eigenvalue weighted by molar-refractivity contribution is 5.89. The van der Waals surface area contributed by atoms with Gasteiger partial charge in [0.15, 0.2) is 6.10 Å². The average molecular weight is 317 g/mol. The molecule has 7 nitrogen and oxygen atoms in total. The molecule has 0 radical (unpaired) electrons. The standard InChI is InChI=1S/C16H19N3O4/c20-16(18-4-8-21-9-5-18)14-11-19(6-10-23-14)15-12-2-7-22-13(12)1-3-17-15/h1-3,7,14H,4-6,8-11H2. The molecule has 0 aromatic carbocycles. The number of rotatable bonds is 2. The van der Waals surface area contributed by atoms with Gasteiger partial charge in [-0.05, 0) is 12.1 Å². The van der Waals surface area contributed by atoms with Gasteiger partial charge in [-0.1, -0.05) is 0 Å². The van der Waals surface area contributed by atoms with Gasteiger partial charge in [0.25, 0.3) is 5.91 Å². The SMILES string of the molecule is O=C(C1CN(c2nccc3occc23)CCO1)N1CCOCC1. The van der Waals surface area contributed by atoms with E-state index >= 15 is 0 Å². The lowest BCUT2D eigenvalue weighted by molar-refractivity contribution is -0.148. The Morgan fingerprint density at radius 3 is 2.91 bits per heavy atom. The predicted molar refractivity (Wildman–Crippen MR) is 83.4 cm³/mol. The number of hydrogen-bond donors (Lipinski definition) is 0. The van der Waals surface area contributed by atoms with Crippen LogP contribution >= 0.6 is 0 Å². The minimum Gasteiger partial charge on any atom is -0.464 e. The van der Waals surface area contributed by atoms with E-state index in [4.69, 9.17) is 13.9 Å². The summed E-state index contributed by atoms with van der Waals surface area (Å²) in [6, 6.07) is 3.75. The zero-order valence-corrected chi connectivity index (χ0v) is 12.8. The lowest BCUT2D eigenvalue weighted by atomic mass is 10.2. The Hall–Kier alpha value is -2.12. The van der Waals surface area contributed by atoms with Crippen LogP contribution in [0.25, 0.3) is 11.0 Å². The molecule has 4 heterocycles. The molecule has 23 heavy (non-hydrogen) atoms. The third-order valence-electron chi connectivity index (χ3n) is 4.32. The number of amides is 1. The number of morpholine rings is 2. The lowest BCUT2D eigenvalue weighted by Gasteiger charge is -2.36. The Kier molecular flexibility index (Phi) is 3.88. The van der Waals surface area contributed by atoms with E-state index < -0.39 is 6.10 Å². The summed E-state index contributed by atoms with van der Waals surface area (Å²) in [5, 5.41) is 0.965. The fraction of sp³-hybridized carbons (Fsp3) is 0.500. The molecule has 2 fully saturated rings. The van der Waals surface area contributed by atoms with Gasteiger partial charge >= 0.3 is 0 Å². The Labute approximate surface area is 133 Å². The van der Waals surface area contributed by atoms with E-state index in [1.807, 2.05) is 17.0 Å². The van der Waals surface area contributed by atoms with Gasteiger partial charge in [-0.3, -0.25) is 4.79 Å². The van der Waals surface area contributed by atoms with Gasteiger partial charge in [0.05, 0.1) is 38.0 Å². The van der Waals surface area contributed by atoms with Gasteiger partial charge in [0, 0.05) is 25.8 Å². The maximum absolute atomic E-state index is 12.6. The zero-order chi connectivity index (χ0) is 15.6. The molecular weight excluding hydrogens is 298 g/mol. The van der Waals surface area contributed by atoms with E-state index in [-0.39, 0.29) is 5.91 Å². The number of ether oxygens (including phenoxy) is 2. The van der Waals surface area contributed by atoms with Crippen molar-refractivity contribution in [3.05, 3.63) is 24.6 Å². The van der Waals surface area contributed by atoms with Crippen LogP contribution in [0.3, 0.4) is 0 Å². The van der Waals surface area contributed by atoms with Crippen molar-refractivity contribution < 1.29 is 18.7 Å². The van der Waals surface area contributed by atoms with Crippen LogP contribution in [0.2, 0.25) is 0 Å². The van der Waals surface area contributed by atoms with Crippen molar-refractivity contribution in [3.63, 3.8) is 0 Å². The number of nitrogens with zero attached hydrogens (tertiary/aromatic N) is 3. The van der Waals surface area contributed by atoms with Gasteiger partial charge < -0.3 is 23.7 Å². The molecule has 1 amide bonds. The minimum atomic E-state index is -0.453. The van der Waals surface area contributed by atoms with Gasteiger partial charge in [-0.15, -0.1) is 0 Å². The van der Waals surface area contributed by atoms with Crippen molar-refractivity contribution >= 4 is 22.7 Å². The molecule has 2 saturated heterocycles. The number of carbonyl (C=O) groups excluding carboxylic acids is 1. The van der Waals surface area contributed by atoms with Gasteiger partial charge in [-0.2, -0.15) is 0 Å². The third kappa shape index (κ3) is 2.77. The molecule has 122 valence electrons. The Balaban J connectivity index is 1.52. The summed E-state index contributed by atoms with van der Waals surface area (Å²) in [4.78, 5) is 21.0. The second-order valence-electron chi connectivity index (χ2n) is 5.71. The first kappa shape index (κ1) is 14.5. The molecule has 4 rings (SSSR count). The van der Waals surface area contributed by atoms with Gasteiger partial charge in [0.2, 0.25) is 0 Å². The molecule has 2 aromatic rings. The second kappa shape index (κ2) is 6.17. The summed E-state index contributed by atoms with van der Waals surface area (Å²) >= 11 is 0. The zero-order valence-electron chi connectivity index (χ0n) is 12.8. The molecule has 1 unspecified atom stereocenters. The van der Waals surface area contributed by atoms with E-state index in [9.17, 15) is 4.79 Å². The number of pyridine rings is 1. The van der Waals surface area contributed by atoms with Crippen LogP contribution in [-0.4, -0.2) is 67.9 Å². The maximum atomic E-state index is 12.6. The number of carbonyl (C=O) groups is 1. The summed E-state index contributed by atoms with van der Waals surface area (Å²) in [6.07, 6.45) is 2.94. The van der Waals surface area contributed by atoms with E-state index in [0.29, 0.717) is 46.0 Å². The average Bonchev–Trinajstić information content (AvgIpc) is 3.10. The number of fused-ring (bicyclic) bond motifs is 1. The number of aromatic nitrogens is 1. The van der Waals surface area contributed by atoms with Crippen molar-refractivity contribution in [2.75, 3.05) is 50.9 Å². The number of anilines is 1. The van der Waals surface area contributed by atoms with Crippen LogP contribution in [0.15, 0.2) is 29.0 Å². The van der Waals surface area contributed by atoms with Gasteiger partial charge in [-0.25, -0.2) is 4.98 Å². The predicted octanol–water partition coefficient (Wildman–Crippen LogP) is 0.892. The summed E-state index contributed by atoms with van der Waals surface area (Å²) in [6.45, 7) is 4.19. The van der Waals surface area contributed by atoms with E-state index in [1.54, 1.807) is 12.5 Å². The molecular formula is C16H19N3O4. The first-order chi connectivity index (χ1) is 11.3. The van der Waals surface area contributed by atoms with E-state index in [0.717, 1.165) is 16.8 Å². The van der Waals surface area contributed by atoms with Crippen LogP contribution in [0.5, 0.6) is 0 Å². The number of hydrogen-bond acceptors (Lipinski definition) is 6. The lowest BCUT2D eigenvalue weighted by Crippen LogP contribution is -2.53. The quantitative estimate of drug-likeness (QED) is 0.819. The molecule has 0 bridgehead atoms. The van der Waals surface area contributed by atoms with E-state index in [2.05, 4.69) is 9.88 Å². The fourth-order valence-electron chi connectivity index (χ4n) is 3.11. The highest BCUT2D eigenvalue weighted by atomic mass is 16.5. The first-order valence-electron chi connectivity index (χ1n) is 7.88. The van der Waals surface area contributed by atoms with Crippen molar-refractivity contribution in [3.8, 4) is 0 Å². The van der Waals surface area contributed by atoms with Gasteiger partial charge in [0.1, 0.15) is 11.4 Å². The smallest absolute Gasteiger partial charge is 0.253 e. The molecule has 0 aliphatic carbocycles. The Bertz CT molecular complexity index is 695. The van der Waals surface area contributed by atoms with Crippen molar-refractivity contribution in [1.29, 1.82) is 0 Å². The minimum absolute atomic E-state index is 0.0392. The van der Waals surface area contributed by atoms with Crippen molar-refractivity contribution in [2.45, 2.75) is 6.10 Å². The van der Waals surface area contributed by atoms with E-state index in [1.165, 1.54) is 0 Å². The molecule has 2 aliphatic heterocycles. The highest BCUT2D eigenvalue weighted by Gasteiger charge is 2.32. The highest BCUT2D eigenvalue weighted by Crippen LogP contribution is 2.26. The summed E-state index contributed by atoms with van der Waals surface area (Å²) in [5.41, 5.74) is 0.803. The monoisotopic (exact) mass is 317 g/mol. The van der Waals surface area contributed by atoms with Crippen molar-refractivity contribution in [2.24, 2.45) is 0 Å². The normalized spacial score (nSPS) is 22.5. The summed E-state index contributed by atoms with van der Waals surface area (Å²) in [7, 11) is 0. The molecule has 1 atom stereocenters. The fourth-order valence-corrected chi connectivity index (χ4v) is 3.11. The first-order valence-corrected chi connectivity index (χ1v) is 7.88. The molecule has 2 aliphatic rings. The molecule has 0 saturated carbocycles. The third-order valence-corrected chi connectivity index (χ3v) is 4.32. The van der Waals surface area contributed by atoms with Crippen LogP contribution in [0.1, 0.15) is 0 Å². The van der Waals surface area contributed by atoms with Crippen LogP contribution < -0.4 is 4.90 Å². The second-order valence-corrected chi connectivity index (χ2v) is 5.71. The molecule has 0 spiro atoms. The molecule has 7 heteroatoms. The van der Waals surface area contributed by atoms with Crippen LogP contribution in [0.4, 0.5) is 5.82 Å².